The molecule has 1 saturated heterocycles. The number of nitrogens with zero attached hydrogens (tertiary/aromatic N) is 1. The number of amides is 9. The second-order valence-corrected chi connectivity index (χ2v) is 20.9. The van der Waals surface area contributed by atoms with E-state index in [0.29, 0.717) is 42.6 Å². The van der Waals surface area contributed by atoms with E-state index in [0.717, 1.165) is 6.42 Å². The SMILES string of the molecule is CC(C)C[C@H](NC(=O)[C@H](Cc1ccccc1)NC(=O)[C@H](CCCCN)NC(=O)[C@H](Cc1ccccc1)NC(=O)[C@H](CC(N)=O)NC(=O)[C@@H](NC(=O)[C@@H]1CCCN1)C(C)C)C(=O)N[C@@H](CO)C(=O)N[C@@H](Cc1cnc[nH]1)C(=O)O.O=C(O)C(F)(F)F. The highest BCUT2D eigenvalue weighted by atomic mass is 19.4. The topological polar surface area (TPSA) is 437 Å². The van der Waals surface area contributed by atoms with Crippen molar-refractivity contribution in [3.8, 4) is 0 Å². The van der Waals surface area contributed by atoms with Crippen LogP contribution in [0.25, 0.3) is 0 Å². The number of hydrogen-bond donors (Lipinski definition) is 15. The molecule has 0 unspecified atom stereocenters. The van der Waals surface area contributed by atoms with E-state index in [9.17, 15) is 71.3 Å². The van der Waals surface area contributed by atoms with Crippen LogP contribution in [0, 0.1) is 11.8 Å². The van der Waals surface area contributed by atoms with E-state index >= 15 is 0 Å². The van der Waals surface area contributed by atoms with Gasteiger partial charge in [0.15, 0.2) is 0 Å². The van der Waals surface area contributed by atoms with Crippen LogP contribution in [0.1, 0.15) is 89.5 Å². The Morgan fingerprint density at radius 2 is 1.11 bits per heavy atom. The van der Waals surface area contributed by atoms with Gasteiger partial charge in [0.1, 0.15) is 48.3 Å². The van der Waals surface area contributed by atoms with Crippen molar-refractivity contribution < 1.29 is 81.2 Å². The summed E-state index contributed by atoms with van der Waals surface area (Å²) in [4.78, 5) is 152. The van der Waals surface area contributed by atoms with Gasteiger partial charge in [-0.25, -0.2) is 14.6 Å². The van der Waals surface area contributed by atoms with Crippen LogP contribution in [0.15, 0.2) is 73.2 Å². The van der Waals surface area contributed by atoms with Crippen LogP contribution >= 0.6 is 0 Å². The van der Waals surface area contributed by atoms with Crippen LogP contribution < -0.4 is 59.3 Å². The van der Waals surface area contributed by atoms with Gasteiger partial charge in [-0.15, -0.1) is 0 Å². The normalized spacial score (nSPS) is 15.8. The Bertz CT molecular complexity index is 2680. The molecule has 17 N–H and O–H groups in total. The summed E-state index contributed by atoms with van der Waals surface area (Å²) in [6.45, 7) is 6.88. The van der Waals surface area contributed by atoms with E-state index < -0.39 is 145 Å². The van der Waals surface area contributed by atoms with Gasteiger partial charge in [0.05, 0.1) is 25.4 Å². The fourth-order valence-corrected chi connectivity index (χ4v) is 8.60. The average Bonchev–Trinajstić information content (AvgIpc) is 4.35. The Kier molecular flexibility index (Phi) is 29.6. The summed E-state index contributed by atoms with van der Waals surface area (Å²) >= 11 is 0. The van der Waals surface area contributed by atoms with Crippen LogP contribution in [0.2, 0.25) is 0 Å². The zero-order chi connectivity index (χ0) is 63.4. The number of aliphatic carboxylic acids is 2. The number of carbonyl (C=O) groups excluding carboxylic acids is 9. The number of carboxylic acids is 2. The number of alkyl halides is 3. The number of benzene rings is 2. The number of nitrogens with one attached hydrogen (secondary N) is 10. The molecular formula is C55H78F3N13O14. The number of H-pyrrole nitrogens is 1. The summed E-state index contributed by atoms with van der Waals surface area (Å²) in [5.74, 6) is -12.3. The Morgan fingerprint density at radius 3 is 1.55 bits per heavy atom. The predicted octanol–water partition coefficient (Wildman–Crippen LogP) is -1.52. The van der Waals surface area contributed by atoms with E-state index in [1.54, 1.807) is 88.4 Å². The van der Waals surface area contributed by atoms with E-state index in [2.05, 4.69) is 57.8 Å². The van der Waals surface area contributed by atoms with Gasteiger partial charge >= 0.3 is 18.1 Å². The smallest absolute Gasteiger partial charge is 0.480 e. The van der Waals surface area contributed by atoms with Gasteiger partial charge in [-0.2, -0.15) is 13.2 Å². The van der Waals surface area contributed by atoms with Crippen LogP contribution in [-0.4, -0.2) is 171 Å². The second kappa shape index (κ2) is 35.6. The quantitative estimate of drug-likeness (QED) is 0.0308. The molecule has 0 aliphatic carbocycles. The van der Waals surface area contributed by atoms with E-state index in [1.165, 1.54) is 12.5 Å². The number of carbonyl (C=O) groups is 11. The molecule has 1 aliphatic heterocycles. The number of unbranched alkanes of at least 4 members (excludes halogenated alkanes) is 1. The number of imidazole rings is 1. The molecular weight excluding hydrogens is 1120 g/mol. The van der Waals surface area contributed by atoms with Crippen LogP contribution in [0.5, 0.6) is 0 Å². The third-order valence-electron chi connectivity index (χ3n) is 13.1. The van der Waals surface area contributed by atoms with Crippen molar-refractivity contribution in [3.63, 3.8) is 0 Å². The first-order valence-electron chi connectivity index (χ1n) is 27.5. The first-order chi connectivity index (χ1) is 40.1. The molecule has 0 saturated carbocycles. The van der Waals surface area contributed by atoms with Gasteiger partial charge in [0.2, 0.25) is 53.2 Å². The minimum absolute atomic E-state index is 0.00706. The van der Waals surface area contributed by atoms with Crippen molar-refractivity contribution in [2.75, 3.05) is 19.7 Å². The summed E-state index contributed by atoms with van der Waals surface area (Å²) in [7, 11) is 0. The minimum atomic E-state index is -5.08. The zero-order valence-electron chi connectivity index (χ0n) is 47.5. The standard InChI is InChI=1S/C53H77N13O12.C2HF3O2/c1-30(2)22-37(47(71)65-42(28-67)51(75)64-41(53(77)78)25-34-27-56-29-58-34)60-49(73)39(24-33-16-9-6-10-17-33)61-46(70)36(18-11-12-20-54)59-48(72)38(23-32-14-7-5-8-15-32)62-50(74)40(26-43(55)68)63-52(76)44(31(3)4)66-45(69)35-19-13-21-57-35;3-2(4,5)1(6)7/h5-10,14-17,27,29-31,35-42,44,57,67H,11-13,18-26,28,54H2,1-4H3,(H2,55,68)(H,56,58)(H,59,72)(H,60,73)(H,61,70)(H,62,74)(H,63,76)(H,64,75)(H,65,71)(H,66,69)(H,77,78);(H,6,7)/t35-,36-,37-,38-,39-,40-,41-,42-,44-;/m0./s1. The number of hydrogen-bond acceptors (Lipinski definition) is 15. The van der Waals surface area contributed by atoms with Gasteiger partial charge in [0, 0.05) is 31.2 Å². The molecule has 468 valence electrons. The molecule has 1 fully saturated rings. The summed E-state index contributed by atoms with van der Waals surface area (Å²) in [6.07, 6.45) is -1.34. The molecule has 2 heterocycles. The summed E-state index contributed by atoms with van der Waals surface area (Å²) in [5.41, 5.74) is 13.0. The molecule has 27 nitrogen and oxygen atoms in total. The van der Waals surface area contributed by atoms with Crippen molar-refractivity contribution in [3.05, 3.63) is 90.0 Å². The Labute approximate surface area is 488 Å². The molecule has 0 spiro atoms. The second-order valence-electron chi connectivity index (χ2n) is 20.9. The van der Waals surface area contributed by atoms with Crippen LogP contribution in [-0.2, 0) is 72.0 Å². The number of aliphatic hydroxyl groups excluding tert-OH is 1. The molecule has 2 aromatic carbocycles. The van der Waals surface area contributed by atoms with Crippen LogP contribution in [0.4, 0.5) is 13.2 Å². The largest absolute Gasteiger partial charge is 0.490 e. The highest BCUT2D eigenvalue weighted by molar-refractivity contribution is 5.99. The fourth-order valence-electron chi connectivity index (χ4n) is 8.60. The van der Waals surface area contributed by atoms with Gasteiger partial charge in [-0.3, -0.25) is 43.2 Å². The van der Waals surface area contributed by atoms with Gasteiger partial charge in [0.25, 0.3) is 0 Å². The number of primary amides is 1. The molecule has 1 aliphatic rings. The lowest BCUT2D eigenvalue weighted by Gasteiger charge is -2.29. The van der Waals surface area contributed by atoms with Crippen molar-refractivity contribution in [1.29, 1.82) is 0 Å². The van der Waals surface area contributed by atoms with E-state index in [1.807, 2.05) is 0 Å². The number of aliphatic hydroxyl groups is 1. The van der Waals surface area contributed by atoms with Crippen LogP contribution in [0.3, 0.4) is 0 Å². The molecule has 1 aromatic heterocycles. The maximum atomic E-state index is 14.5. The third-order valence-corrected chi connectivity index (χ3v) is 13.1. The molecule has 0 bridgehead atoms. The molecule has 9 atom stereocenters. The van der Waals surface area contributed by atoms with Crippen molar-refractivity contribution >= 4 is 65.1 Å². The maximum absolute atomic E-state index is 14.5. The highest BCUT2D eigenvalue weighted by Gasteiger charge is 2.39. The minimum Gasteiger partial charge on any atom is -0.480 e. The first-order valence-corrected chi connectivity index (χ1v) is 27.5. The Balaban J connectivity index is 0.00000253. The van der Waals surface area contributed by atoms with Gasteiger partial charge in [-0.05, 0) is 74.6 Å². The van der Waals surface area contributed by atoms with Crippen molar-refractivity contribution in [1.82, 2.24) is 57.8 Å². The predicted molar refractivity (Wildman–Crippen MR) is 298 cm³/mol. The molecule has 4 rings (SSSR count). The molecule has 30 heteroatoms. The van der Waals surface area contributed by atoms with Crippen molar-refractivity contribution in [2.45, 2.75) is 152 Å². The summed E-state index contributed by atoms with van der Waals surface area (Å²) < 4.78 is 31.7. The molecule has 0 radical (unpaired) electrons. The highest BCUT2D eigenvalue weighted by Crippen LogP contribution is 2.15. The third kappa shape index (κ3) is 25.5. The number of aromatic nitrogens is 2. The number of aromatic amines is 1. The van der Waals surface area contributed by atoms with Gasteiger partial charge in [-0.1, -0.05) is 88.4 Å². The lowest BCUT2D eigenvalue weighted by molar-refractivity contribution is -0.192. The monoisotopic (exact) mass is 1200 g/mol. The first kappa shape index (κ1) is 70.8. The van der Waals surface area contributed by atoms with Crippen molar-refractivity contribution in [2.24, 2.45) is 23.3 Å². The lowest BCUT2D eigenvalue weighted by atomic mass is 10.00. The number of carboxylic acid groups (broad SMARTS) is 2. The summed E-state index contributed by atoms with van der Waals surface area (Å²) in [6, 6.07) is 5.36. The average molecular weight is 1200 g/mol. The summed E-state index contributed by atoms with van der Waals surface area (Å²) in [5, 5.41) is 50.9. The zero-order valence-corrected chi connectivity index (χ0v) is 47.5. The van der Waals surface area contributed by atoms with E-state index in [4.69, 9.17) is 21.4 Å². The molecule has 3 aromatic rings. The Hall–Kier alpha value is -8.51. The lowest BCUT2D eigenvalue weighted by Crippen LogP contribution is -2.61. The molecule has 85 heavy (non-hydrogen) atoms. The maximum Gasteiger partial charge on any atom is 0.490 e. The number of rotatable bonds is 33. The fraction of sp³-hybridized carbons (Fsp3) is 0.527. The number of halogens is 3. The van der Waals surface area contributed by atoms with E-state index in [-0.39, 0.29) is 44.6 Å². The van der Waals surface area contributed by atoms with Gasteiger partial charge < -0.3 is 79.6 Å². The Morgan fingerprint density at radius 1 is 0.635 bits per heavy atom. The molecule has 9 amide bonds. The number of nitrogens with two attached hydrogens (primary N) is 2.